The number of rotatable bonds is 7. The molecule has 0 fully saturated rings. The Labute approximate surface area is 184 Å². The molecule has 32 heavy (non-hydrogen) atoms. The van der Waals surface area contributed by atoms with Crippen LogP contribution < -0.4 is 14.8 Å². The van der Waals surface area contributed by atoms with Crippen molar-refractivity contribution in [2.45, 2.75) is 13.5 Å². The Hall–Kier alpha value is -4.13. The highest BCUT2D eigenvalue weighted by Crippen LogP contribution is 2.28. The minimum absolute atomic E-state index is 0.0662. The monoisotopic (exact) mass is 431 g/mol. The van der Waals surface area contributed by atoms with Crippen LogP contribution in [0.4, 0.5) is 5.69 Å². The third-order valence-corrected chi connectivity index (χ3v) is 4.85. The summed E-state index contributed by atoms with van der Waals surface area (Å²) in [6.07, 6.45) is 0. The molecule has 0 saturated heterocycles. The molecule has 0 atom stereocenters. The number of nitrogens with one attached hydrogen (secondary N) is 1. The van der Waals surface area contributed by atoms with Crippen LogP contribution in [0.15, 0.2) is 66.7 Å². The zero-order valence-corrected chi connectivity index (χ0v) is 17.4. The Morgan fingerprint density at radius 2 is 1.88 bits per heavy atom. The fraction of sp³-hybridized carbons (Fsp3) is 0.160. The highest BCUT2D eigenvalue weighted by Gasteiger charge is 2.20. The minimum Gasteiger partial charge on any atom is -0.488 e. The topological polar surface area (TPSA) is 90.9 Å². The van der Waals surface area contributed by atoms with Gasteiger partial charge in [0.2, 0.25) is 0 Å². The van der Waals surface area contributed by atoms with Crippen molar-refractivity contribution in [2.24, 2.45) is 0 Å². The summed E-state index contributed by atoms with van der Waals surface area (Å²) in [4.78, 5) is 36.6. The summed E-state index contributed by atoms with van der Waals surface area (Å²) in [6, 6.07) is 19.3. The van der Waals surface area contributed by atoms with E-state index in [1.54, 1.807) is 36.4 Å². The molecule has 1 heterocycles. The van der Waals surface area contributed by atoms with Gasteiger partial charge >= 0.3 is 5.97 Å². The van der Waals surface area contributed by atoms with E-state index in [2.05, 4.69) is 5.32 Å². The van der Waals surface area contributed by atoms with Crippen molar-refractivity contribution in [1.82, 2.24) is 0 Å². The molecular weight excluding hydrogens is 410 g/mol. The van der Waals surface area contributed by atoms with Crippen LogP contribution in [0.5, 0.6) is 11.5 Å². The Morgan fingerprint density at radius 3 is 2.72 bits per heavy atom. The number of aryl methyl sites for hydroxylation is 1. The number of hydrogen-bond acceptors (Lipinski definition) is 6. The normalized spacial score (nSPS) is 12.2. The fourth-order valence-electron chi connectivity index (χ4n) is 3.27. The lowest BCUT2D eigenvalue weighted by Gasteiger charge is -2.18. The number of anilines is 1. The molecule has 0 aliphatic carbocycles. The number of amides is 1. The molecule has 7 nitrogen and oxygen atoms in total. The summed E-state index contributed by atoms with van der Waals surface area (Å²) in [5.41, 5.74) is 3.04. The zero-order valence-electron chi connectivity index (χ0n) is 17.4. The standard InChI is InChI=1S/C25H21NO6/c1-16-5-4-6-17(11-16)13-30-22-8-3-2-7-19(22)25(29)32-14-21(27)18-9-10-23-20(12-18)26-24(28)15-31-23/h2-12H,13-15H2,1H3,(H,26,28). The van der Waals surface area contributed by atoms with Gasteiger partial charge in [-0.15, -0.1) is 0 Å². The molecule has 0 unspecified atom stereocenters. The molecule has 7 heteroatoms. The van der Waals surface area contributed by atoms with Gasteiger partial charge in [-0.05, 0) is 42.8 Å². The molecular formula is C25H21NO6. The largest absolute Gasteiger partial charge is 0.488 e. The number of carbonyl (C=O) groups is 3. The van der Waals surface area contributed by atoms with Crippen molar-refractivity contribution >= 4 is 23.3 Å². The molecule has 0 aromatic heterocycles. The fourth-order valence-corrected chi connectivity index (χ4v) is 3.27. The molecule has 1 aliphatic heterocycles. The van der Waals surface area contributed by atoms with Crippen LogP contribution in [0.2, 0.25) is 0 Å². The molecule has 3 aromatic carbocycles. The van der Waals surface area contributed by atoms with E-state index >= 15 is 0 Å². The van der Waals surface area contributed by atoms with Gasteiger partial charge in [-0.2, -0.15) is 0 Å². The van der Waals surface area contributed by atoms with E-state index in [1.165, 1.54) is 6.07 Å². The van der Waals surface area contributed by atoms with E-state index in [0.717, 1.165) is 11.1 Å². The second-order valence-electron chi connectivity index (χ2n) is 7.32. The number of ether oxygens (including phenoxy) is 3. The van der Waals surface area contributed by atoms with Gasteiger partial charge in [-0.1, -0.05) is 42.0 Å². The van der Waals surface area contributed by atoms with Crippen LogP contribution in [-0.4, -0.2) is 30.9 Å². The van der Waals surface area contributed by atoms with E-state index < -0.39 is 18.4 Å². The van der Waals surface area contributed by atoms with Gasteiger partial charge < -0.3 is 19.5 Å². The average molecular weight is 431 g/mol. The van der Waals surface area contributed by atoms with Crippen LogP contribution in [0.3, 0.4) is 0 Å². The third-order valence-electron chi connectivity index (χ3n) is 4.85. The van der Waals surface area contributed by atoms with Crippen LogP contribution >= 0.6 is 0 Å². The number of Topliss-reactive ketones (excluding diaryl/α,β-unsaturated/α-hetero) is 1. The summed E-state index contributed by atoms with van der Waals surface area (Å²) in [7, 11) is 0. The van der Waals surface area contributed by atoms with Crippen molar-refractivity contribution in [1.29, 1.82) is 0 Å². The van der Waals surface area contributed by atoms with Gasteiger partial charge in [0.05, 0.1) is 5.69 Å². The molecule has 0 spiro atoms. The first-order valence-corrected chi connectivity index (χ1v) is 10.0. The predicted molar refractivity (Wildman–Crippen MR) is 117 cm³/mol. The maximum atomic E-state index is 12.6. The lowest BCUT2D eigenvalue weighted by Crippen LogP contribution is -2.25. The predicted octanol–water partition coefficient (Wildman–Crippen LogP) is 3.94. The summed E-state index contributed by atoms with van der Waals surface area (Å²) < 4.78 is 16.3. The molecule has 0 bridgehead atoms. The van der Waals surface area contributed by atoms with E-state index in [9.17, 15) is 14.4 Å². The molecule has 3 aromatic rings. The molecule has 1 N–H and O–H groups in total. The second-order valence-corrected chi connectivity index (χ2v) is 7.32. The minimum atomic E-state index is -0.659. The van der Waals surface area contributed by atoms with Crippen LogP contribution in [0.1, 0.15) is 31.8 Å². The van der Waals surface area contributed by atoms with Crippen molar-refractivity contribution in [2.75, 3.05) is 18.5 Å². The van der Waals surface area contributed by atoms with Gasteiger partial charge in [-0.25, -0.2) is 4.79 Å². The number of esters is 1. The van der Waals surface area contributed by atoms with Crippen molar-refractivity contribution in [3.05, 3.63) is 89.0 Å². The first-order valence-electron chi connectivity index (χ1n) is 10.0. The number of carbonyl (C=O) groups excluding carboxylic acids is 3. The van der Waals surface area contributed by atoms with Gasteiger partial charge in [0, 0.05) is 5.56 Å². The molecule has 162 valence electrons. The zero-order chi connectivity index (χ0) is 22.5. The summed E-state index contributed by atoms with van der Waals surface area (Å²) >= 11 is 0. The number of benzene rings is 3. The molecule has 0 radical (unpaired) electrons. The lowest BCUT2D eigenvalue weighted by atomic mass is 10.1. The number of para-hydroxylation sites is 1. The van der Waals surface area contributed by atoms with Gasteiger partial charge in [0.1, 0.15) is 23.7 Å². The van der Waals surface area contributed by atoms with Gasteiger partial charge in [0.25, 0.3) is 5.91 Å². The second kappa shape index (κ2) is 9.34. The van der Waals surface area contributed by atoms with Crippen LogP contribution in [-0.2, 0) is 16.1 Å². The molecule has 1 amide bonds. The Morgan fingerprint density at radius 1 is 1.03 bits per heavy atom. The average Bonchev–Trinajstić information content (AvgIpc) is 2.80. The Bertz CT molecular complexity index is 1190. The number of ketones is 1. The third kappa shape index (κ3) is 4.95. The first-order chi connectivity index (χ1) is 15.5. The highest BCUT2D eigenvalue weighted by atomic mass is 16.5. The van der Waals surface area contributed by atoms with Crippen LogP contribution in [0, 0.1) is 6.92 Å². The van der Waals surface area contributed by atoms with Crippen molar-refractivity contribution in [3.63, 3.8) is 0 Å². The lowest BCUT2D eigenvalue weighted by molar-refractivity contribution is -0.118. The molecule has 4 rings (SSSR count). The quantitative estimate of drug-likeness (QED) is 0.450. The van der Waals surface area contributed by atoms with Crippen molar-refractivity contribution in [3.8, 4) is 11.5 Å². The van der Waals surface area contributed by atoms with Gasteiger partial charge in [-0.3, -0.25) is 9.59 Å². The van der Waals surface area contributed by atoms with E-state index in [4.69, 9.17) is 14.2 Å². The highest BCUT2D eigenvalue weighted by molar-refractivity contribution is 6.02. The Kier molecular flexibility index (Phi) is 6.17. The first kappa shape index (κ1) is 21.1. The number of fused-ring (bicyclic) bond motifs is 1. The maximum absolute atomic E-state index is 12.6. The van der Waals surface area contributed by atoms with Gasteiger partial charge in [0.15, 0.2) is 19.0 Å². The van der Waals surface area contributed by atoms with E-state index in [1.807, 2.05) is 31.2 Å². The summed E-state index contributed by atoms with van der Waals surface area (Å²) in [5, 5.41) is 2.64. The van der Waals surface area contributed by atoms with Crippen LogP contribution in [0.25, 0.3) is 0 Å². The maximum Gasteiger partial charge on any atom is 0.342 e. The van der Waals surface area contributed by atoms with E-state index in [0.29, 0.717) is 29.4 Å². The summed E-state index contributed by atoms with van der Waals surface area (Å²) in [6.45, 7) is 1.78. The summed E-state index contributed by atoms with van der Waals surface area (Å²) in [5.74, 6) is -0.499. The SMILES string of the molecule is Cc1cccc(COc2ccccc2C(=O)OCC(=O)c2ccc3c(c2)NC(=O)CO3)c1. The number of hydrogen-bond donors (Lipinski definition) is 1. The van der Waals surface area contributed by atoms with E-state index in [-0.39, 0.29) is 18.1 Å². The smallest absolute Gasteiger partial charge is 0.342 e. The Balaban J connectivity index is 1.39. The molecule has 0 saturated carbocycles. The van der Waals surface area contributed by atoms with Crippen molar-refractivity contribution < 1.29 is 28.6 Å². The molecule has 1 aliphatic rings.